The zero-order valence-electron chi connectivity index (χ0n) is 9.96. The minimum absolute atomic E-state index is 0.352. The molecule has 0 radical (unpaired) electrons. The van der Waals surface area contributed by atoms with E-state index in [1.165, 1.54) is 5.39 Å². The topological polar surface area (TPSA) is 34.9 Å². The summed E-state index contributed by atoms with van der Waals surface area (Å²) in [5.74, 6) is 0. The molecule has 0 bridgehead atoms. The molecule has 18 heavy (non-hydrogen) atoms. The summed E-state index contributed by atoms with van der Waals surface area (Å²) in [4.78, 5) is 15.4. The summed E-state index contributed by atoms with van der Waals surface area (Å²) >= 11 is 1.56. The lowest BCUT2D eigenvalue weighted by molar-refractivity contribution is -0.108. The molecule has 0 saturated heterocycles. The Morgan fingerprint density at radius 1 is 1.28 bits per heavy atom. The maximum absolute atomic E-state index is 10.8. The second-order valence-electron chi connectivity index (χ2n) is 4.03. The number of aromatic nitrogens is 2. The molecule has 3 rings (SSSR count). The Hall–Kier alpha value is -1.81. The Morgan fingerprint density at radius 2 is 2.11 bits per heavy atom. The number of carbonyl (C=O) groups is 1. The van der Waals surface area contributed by atoms with Gasteiger partial charge in [0, 0.05) is 5.39 Å². The van der Waals surface area contributed by atoms with Crippen LogP contribution in [0, 0.1) is 0 Å². The first-order valence-corrected chi connectivity index (χ1v) is 6.93. The molecule has 0 aliphatic rings. The lowest BCUT2D eigenvalue weighted by atomic mass is 10.1. The third-order valence-corrected chi connectivity index (χ3v) is 3.72. The van der Waals surface area contributed by atoms with E-state index in [1.54, 1.807) is 11.8 Å². The van der Waals surface area contributed by atoms with E-state index in [0.29, 0.717) is 6.54 Å². The van der Waals surface area contributed by atoms with Crippen LogP contribution < -0.4 is 0 Å². The van der Waals surface area contributed by atoms with Gasteiger partial charge in [-0.05, 0) is 17.7 Å². The second-order valence-corrected chi connectivity index (χ2v) is 4.80. The highest BCUT2D eigenvalue weighted by Gasteiger charge is 2.11. The van der Waals surface area contributed by atoms with Gasteiger partial charge in [0.05, 0.1) is 17.6 Å². The van der Waals surface area contributed by atoms with Crippen LogP contribution in [0.3, 0.4) is 0 Å². The maximum Gasteiger partial charge on any atom is 0.169 e. The predicted molar refractivity (Wildman–Crippen MR) is 75.1 cm³/mol. The van der Waals surface area contributed by atoms with Crippen molar-refractivity contribution in [2.45, 2.75) is 11.7 Å². The van der Waals surface area contributed by atoms with Gasteiger partial charge in [0.1, 0.15) is 6.29 Å². The molecule has 0 aliphatic heterocycles. The number of imidazole rings is 1. The van der Waals surface area contributed by atoms with Gasteiger partial charge >= 0.3 is 0 Å². The molecule has 0 fully saturated rings. The lowest BCUT2D eigenvalue weighted by Crippen LogP contribution is -1.99. The minimum atomic E-state index is 0.352. The highest BCUT2D eigenvalue weighted by atomic mass is 32.2. The average molecular weight is 256 g/mol. The molecular weight excluding hydrogens is 244 g/mol. The molecule has 4 heteroatoms. The van der Waals surface area contributed by atoms with Gasteiger partial charge in [0.25, 0.3) is 0 Å². The fraction of sp³-hybridized carbons (Fsp3) is 0.143. The zero-order chi connectivity index (χ0) is 12.5. The fourth-order valence-corrected chi connectivity index (χ4v) is 2.82. The van der Waals surface area contributed by atoms with Crippen LogP contribution in [0.4, 0.5) is 0 Å². The van der Waals surface area contributed by atoms with Crippen molar-refractivity contribution >= 4 is 39.9 Å². The van der Waals surface area contributed by atoms with E-state index < -0.39 is 0 Å². The van der Waals surface area contributed by atoms with E-state index in [-0.39, 0.29) is 0 Å². The molecule has 2 aromatic carbocycles. The summed E-state index contributed by atoms with van der Waals surface area (Å²) < 4.78 is 1.96. The molecule has 0 unspecified atom stereocenters. The third kappa shape index (κ3) is 1.61. The summed E-state index contributed by atoms with van der Waals surface area (Å²) in [6.45, 7) is 0.352. The van der Waals surface area contributed by atoms with Gasteiger partial charge < -0.3 is 9.36 Å². The van der Waals surface area contributed by atoms with Gasteiger partial charge in [0.2, 0.25) is 0 Å². The lowest BCUT2D eigenvalue weighted by Gasteiger charge is -2.02. The molecule has 0 amide bonds. The number of carbonyl (C=O) groups excluding carboxylic acids is 1. The Kier molecular flexibility index (Phi) is 2.80. The van der Waals surface area contributed by atoms with E-state index in [2.05, 4.69) is 23.2 Å². The average Bonchev–Trinajstić information content (AvgIpc) is 2.78. The Balaban J connectivity index is 2.41. The molecule has 0 saturated carbocycles. The largest absolute Gasteiger partial charge is 0.312 e. The number of benzene rings is 2. The molecule has 0 spiro atoms. The summed E-state index contributed by atoms with van der Waals surface area (Å²) in [5, 5.41) is 3.19. The number of aldehydes is 1. The van der Waals surface area contributed by atoms with Crippen LogP contribution in [0.25, 0.3) is 21.8 Å². The van der Waals surface area contributed by atoms with Crippen LogP contribution in [-0.4, -0.2) is 22.1 Å². The molecule has 3 nitrogen and oxygen atoms in total. The Labute approximate surface area is 109 Å². The molecule has 3 aromatic rings. The Morgan fingerprint density at radius 3 is 2.89 bits per heavy atom. The summed E-state index contributed by atoms with van der Waals surface area (Å²) in [5.41, 5.74) is 1.99. The normalized spacial score (nSPS) is 11.2. The van der Waals surface area contributed by atoms with Gasteiger partial charge in [-0.1, -0.05) is 42.1 Å². The van der Waals surface area contributed by atoms with Gasteiger partial charge in [-0.25, -0.2) is 4.98 Å². The minimum Gasteiger partial charge on any atom is -0.312 e. The first-order valence-electron chi connectivity index (χ1n) is 5.71. The van der Waals surface area contributed by atoms with Crippen molar-refractivity contribution in [2.24, 2.45) is 0 Å². The SMILES string of the molecule is CSc1nc2c3ccccc3ccc2n1CC=O. The number of thioether (sulfide) groups is 1. The van der Waals surface area contributed by atoms with Gasteiger partial charge in [-0.15, -0.1) is 0 Å². The smallest absolute Gasteiger partial charge is 0.169 e. The standard InChI is InChI=1S/C14H12N2OS/c1-18-14-15-13-11-5-3-2-4-10(11)6-7-12(13)16(14)8-9-17/h2-7,9H,8H2,1H3. The van der Waals surface area contributed by atoms with E-state index in [1.807, 2.05) is 29.0 Å². The van der Waals surface area contributed by atoms with Crippen molar-refractivity contribution in [3.63, 3.8) is 0 Å². The highest BCUT2D eigenvalue weighted by Crippen LogP contribution is 2.28. The third-order valence-electron chi connectivity index (χ3n) is 3.05. The van der Waals surface area contributed by atoms with E-state index in [4.69, 9.17) is 0 Å². The maximum atomic E-state index is 10.8. The molecule has 1 heterocycles. The van der Waals surface area contributed by atoms with Crippen LogP contribution in [-0.2, 0) is 11.3 Å². The number of nitrogens with zero attached hydrogens (tertiary/aromatic N) is 2. The molecule has 1 aromatic heterocycles. The van der Waals surface area contributed by atoms with Crippen molar-refractivity contribution < 1.29 is 4.79 Å². The predicted octanol–water partition coefficient (Wildman–Crippen LogP) is 3.11. The first kappa shape index (κ1) is 11.3. The summed E-state index contributed by atoms with van der Waals surface area (Å²) in [7, 11) is 0. The van der Waals surface area contributed by atoms with Crippen LogP contribution in [0.5, 0.6) is 0 Å². The fourth-order valence-electron chi connectivity index (χ4n) is 2.24. The quantitative estimate of drug-likeness (QED) is 0.533. The van der Waals surface area contributed by atoms with Gasteiger partial charge in [0.15, 0.2) is 5.16 Å². The van der Waals surface area contributed by atoms with E-state index in [0.717, 1.165) is 27.9 Å². The highest BCUT2D eigenvalue weighted by molar-refractivity contribution is 7.98. The van der Waals surface area contributed by atoms with Gasteiger partial charge in [-0.3, -0.25) is 0 Å². The number of hydrogen-bond acceptors (Lipinski definition) is 3. The van der Waals surface area contributed by atoms with Crippen LogP contribution in [0.2, 0.25) is 0 Å². The van der Waals surface area contributed by atoms with E-state index >= 15 is 0 Å². The zero-order valence-corrected chi connectivity index (χ0v) is 10.8. The summed E-state index contributed by atoms with van der Waals surface area (Å²) in [6, 6.07) is 12.3. The molecule has 0 aliphatic carbocycles. The van der Waals surface area contributed by atoms with E-state index in [9.17, 15) is 4.79 Å². The van der Waals surface area contributed by atoms with Gasteiger partial charge in [-0.2, -0.15) is 0 Å². The summed E-state index contributed by atoms with van der Waals surface area (Å²) in [6.07, 6.45) is 2.89. The molecule has 0 N–H and O–H groups in total. The first-order chi connectivity index (χ1) is 8.85. The Bertz CT molecular complexity index is 733. The van der Waals surface area contributed by atoms with Crippen molar-refractivity contribution in [3.8, 4) is 0 Å². The van der Waals surface area contributed by atoms with Crippen LogP contribution >= 0.6 is 11.8 Å². The molecular formula is C14H12N2OS. The second kappa shape index (κ2) is 4.46. The number of rotatable bonds is 3. The van der Waals surface area contributed by atoms with Crippen molar-refractivity contribution in [3.05, 3.63) is 36.4 Å². The van der Waals surface area contributed by atoms with Crippen molar-refractivity contribution in [1.29, 1.82) is 0 Å². The number of fused-ring (bicyclic) bond motifs is 3. The monoisotopic (exact) mass is 256 g/mol. The van der Waals surface area contributed by atoms with Crippen molar-refractivity contribution in [2.75, 3.05) is 6.26 Å². The van der Waals surface area contributed by atoms with Crippen molar-refractivity contribution in [1.82, 2.24) is 9.55 Å². The molecule has 0 atom stereocenters. The van der Waals surface area contributed by atoms with Crippen LogP contribution in [0.15, 0.2) is 41.6 Å². The molecule has 90 valence electrons. The number of hydrogen-bond donors (Lipinski definition) is 0. The van der Waals surface area contributed by atoms with Crippen LogP contribution in [0.1, 0.15) is 0 Å².